The molecule has 1 N–H and O–H groups in total. The number of fused-ring (bicyclic) bond motifs is 1. The molecule has 0 bridgehead atoms. The van der Waals surface area contributed by atoms with E-state index in [-0.39, 0.29) is 25.3 Å². The number of esters is 1. The van der Waals surface area contributed by atoms with Crippen molar-refractivity contribution in [1.82, 2.24) is 14.9 Å². The van der Waals surface area contributed by atoms with E-state index < -0.39 is 28.9 Å². The van der Waals surface area contributed by atoms with Crippen LogP contribution in [0.15, 0.2) is 53.3 Å². The smallest absolute Gasteiger partial charge is 0.342 e. The molecule has 0 saturated carbocycles. The highest BCUT2D eigenvalue weighted by molar-refractivity contribution is 6.13. The van der Waals surface area contributed by atoms with Crippen LogP contribution in [0.5, 0.6) is 0 Å². The standard InChI is InChI=1S/C23H21N3O5/c1-14-7-6-10-17-19(14)20(28)26(15(2)24-17)23(12-11-18(27)25-21(23)29)22(30)31-13-16-8-4-3-5-9-16/h3-10H,11-13H2,1-2H3,(H,25,27,29)/t23-/m1/s1. The Hall–Kier alpha value is -3.81. The first kappa shape index (κ1) is 20.5. The van der Waals surface area contributed by atoms with Crippen LogP contribution >= 0.6 is 0 Å². The largest absolute Gasteiger partial charge is 0.459 e. The average Bonchev–Trinajstić information content (AvgIpc) is 2.74. The summed E-state index contributed by atoms with van der Waals surface area (Å²) in [6.07, 6.45) is -0.297. The van der Waals surface area contributed by atoms with Gasteiger partial charge in [0.1, 0.15) is 12.4 Å². The Morgan fingerprint density at radius 1 is 1.10 bits per heavy atom. The molecule has 2 aromatic carbocycles. The molecule has 1 fully saturated rings. The highest BCUT2D eigenvalue weighted by atomic mass is 16.5. The van der Waals surface area contributed by atoms with Crippen LogP contribution < -0.4 is 10.9 Å². The molecule has 1 atom stereocenters. The number of benzene rings is 2. The van der Waals surface area contributed by atoms with E-state index in [0.29, 0.717) is 16.5 Å². The maximum atomic E-state index is 13.5. The summed E-state index contributed by atoms with van der Waals surface area (Å²) in [6, 6.07) is 14.2. The first-order chi connectivity index (χ1) is 14.8. The Bertz CT molecular complexity index is 1270. The van der Waals surface area contributed by atoms with E-state index in [4.69, 9.17) is 4.74 Å². The van der Waals surface area contributed by atoms with Crippen molar-refractivity contribution in [3.63, 3.8) is 0 Å². The van der Waals surface area contributed by atoms with Crippen molar-refractivity contribution in [3.05, 3.63) is 75.8 Å². The van der Waals surface area contributed by atoms with Gasteiger partial charge in [0.2, 0.25) is 11.4 Å². The summed E-state index contributed by atoms with van der Waals surface area (Å²) < 4.78 is 6.57. The fourth-order valence-corrected chi connectivity index (χ4v) is 4.00. The van der Waals surface area contributed by atoms with Crippen LogP contribution in [0.2, 0.25) is 0 Å². The van der Waals surface area contributed by atoms with Crippen molar-refractivity contribution >= 4 is 28.7 Å². The third-order valence-electron chi connectivity index (χ3n) is 5.55. The summed E-state index contributed by atoms with van der Waals surface area (Å²) in [5, 5.41) is 2.51. The maximum Gasteiger partial charge on any atom is 0.342 e. The molecule has 0 radical (unpaired) electrons. The normalized spacial score (nSPS) is 18.6. The first-order valence-electron chi connectivity index (χ1n) is 9.89. The Labute approximate surface area is 177 Å². The Morgan fingerprint density at radius 3 is 2.55 bits per heavy atom. The van der Waals surface area contributed by atoms with Crippen LogP contribution in [0, 0.1) is 13.8 Å². The van der Waals surface area contributed by atoms with Gasteiger partial charge >= 0.3 is 5.97 Å². The number of hydrogen-bond acceptors (Lipinski definition) is 6. The van der Waals surface area contributed by atoms with Crippen LogP contribution in [0.1, 0.15) is 29.8 Å². The van der Waals surface area contributed by atoms with E-state index in [9.17, 15) is 19.2 Å². The highest BCUT2D eigenvalue weighted by Crippen LogP contribution is 2.30. The molecule has 1 aliphatic heterocycles. The van der Waals surface area contributed by atoms with Crippen LogP contribution in [-0.2, 0) is 31.3 Å². The predicted octanol–water partition coefficient (Wildman–Crippen LogP) is 1.89. The number of rotatable bonds is 4. The van der Waals surface area contributed by atoms with Gasteiger partial charge < -0.3 is 4.74 Å². The van der Waals surface area contributed by atoms with Crippen molar-refractivity contribution in [2.45, 2.75) is 38.8 Å². The van der Waals surface area contributed by atoms with Gasteiger partial charge in [0, 0.05) is 6.42 Å². The number of amides is 2. The first-order valence-corrected chi connectivity index (χ1v) is 9.89. The topological polar surface area (TPSA) is 107 Å². The molecule has 31 heavy (non-hydrogen) atoms. The van der Waals surface area contributed by atoms with Gasteiger partial charge in [-0.05, 0) is 37.5 Å². The van der Waals surface area contributed by atoms with E-state index in [1.54, 1.807) is 56.3 Å². The minimum atomic E-state index is -2.02. The molecule has 2 amide bonds. The number of nitrogens with zero attached hydrogens (tertiary/aromatic N) is 2. The fourth-order valence-electron chi connectivity index (χ4n) is 4.00. The van der Waals surface area contributed by atoms with Crippen LogP contribution in [0.25, 0.3) is 10.9 Å². The number of ether oxygens (including phenoxy) is 1. The lowest BCUT2D eigenvalue weighted by Gasteiger charge is -2.35. The maximum absolute atomic E-state index is 13.5. The van der Waals surface area contributed by atoms with Crippen molar-refractivity contribution in [3.8, 4) is 0 Å². The number of aromatic nitrogens is 2. The molecule has 8 heteroatoms. The van der Waals surface area contributed by atoms with E-state index >= 15 is 0 Å². The van der Waals surface area contributed by atoms with Gasteiger partial charge in [-0.25, -0.2) is 9.78 Å². The number of hydrogen-bond donors (Lipinski definition) is 1. The second kappa shape index (κ2) is 7.79. The van der Waals surface area contributed by atoms with Gasteiger partial charge in [0.25, 0.3) is 11.5 Å². The zero-order valence-corrected chi connectivity index (χ0v) is 17.2. The predicted molar refractivity (Wildman–Crippen MR) is 112 cm³/mol. The minimum absolute atomic E-state index is 0.0729. The molecule has 0 unspecified atom stereocenters. The molecule has 1 aliphatic rings. The summed E-state index contributed by atoms with van der Waals surface area (Å²) >= 11 is 0. The molecule has 2 heterocycles. The van der Waals surface area contributed by atoms with Crippen molar-refractivity contribution in [1.29, 1.82) is 0 Å². The molecule has 0 spiro atoms. The fraction of sp³-hybridized carbons (Fsp3) is 0.261. The number of carbonyl (C=O) groups excluding carboxylic acids is 3. The quantitative estimate of drug-likeness (QED) is 0.393. The Kier molecular flexibility index (Phi) is 5.14. The molecule has 4 rings (SSSR count). The van der Waals surface area contributed by atoms with Crippen LogP contribution in [0.4, 0.5) is 0 Å². The summed E-state index contributed by atoms with van der Waals surface area (Å²) in [7, 11) is 0. The number of imide groups is 1. The number of carbonyl (C=O) groups is 3. The average molecular weight is 419 g/mol. The molecule has 3 aromatic rings. The summed E-state index contributed by atoms with van der Waals surface area (Å²) in [5.74, 6) is -2.11. The second-order valence-electron chi connectivity index (χ2n) is 7.57. The molecule has 1 saturated heterocycles. The summed E-state index contributed by atoms with van der Waals surface area (Å²) in [5.41, 5.74) is -0.674. The number of aryl methyl sites for hydroxylation is 2. The van der Waals surface area contributed by atoms with Gasteiger partial charge in [-0.3, -0.25) is 24.3 Å². The number of piperidine rings is 1. The van der Waals surface area contributed by atoms with E-state index in [0.717, 1.165) is 10.1 Å². The molecular weight excluding hydrogens is 398 g/mol. The molecule has 8 nitrogen and oxygen atoms in total. The van der Waals surface area contributed by atoms with Crippen molar-refractivity contribution in [2.75, 3.05) is 0 Å². The Morgan fingerprint density at radius 2 is 1.84 bits per heavy atom. The van der Waals surface area contributed by atoms with Gasteiger partial charge in [-0.15, -0.1) is 0 Å². The summed E-state index contributed by atoms with van der Waals surface area (Å²) in [4.78, 5) is 56.3. The molecule has 0 aliphatic carbocycles. The minimum Gasteiger partial charge on any atom is -0.459 e. The van der Waals surface area contributed by atoms with Gasteiger partial charge in [-0.2, -0.15) is 0 Å². The second-order valence-corrected chi connectivity index (χ2v) is 7.57. The monoisotopic (exact) mass is 419 g/mol. The SMILES string of the molecule is Cc1cccc2nc(C)n([C@]3(C(=O)OCc4ccccc4)CCC(=O)NC3=O)c(=O)c12. The third kappa shape index (κ3) is 3.39. The van der Waals surface area contributed by atoms with Gasteiger partial charge in [0.15, 0.2) is 0 Å². The van der Waals surface area contributed by atoms with Crippen LogP contribution in [0.3, 0.4) is 0 Å². The molecular formula is C23H21N3O5. The third-order valence-corrected chi connectivity index (χ3v) is 5.55. The molecule has 158 valence electrons. The zero-order chi connectivity index (χ0) is 22.2. The highest BCUT2D eigenvalue weighted by Gasteiger charge is 2.54. The van der Waals surface area contributed by atoms with E-state index in [1.807, 2.05) is 6.07 Å². The lowest BCUT2D eigenvalue weighted by Crippen LogP contribution is -2.62. The summed E-state index contributed by atoms with van der Waals surface area (Å²) in [6.45, 7) is 3.24. The van der Waals surface area contributed by atoms with Crippen molar-refractivity contribution < 1.29 is 19.1 Å². The van der Waals surface area contributed by atoms with Gasteiger partial charge in [-0.1, -0.05) is 42.5 Å². The zero-order valence-electron chi connectivity index (χ0n) is 17.2. The Balaban J connectivity index is 1.87. The van der Waals surface area contributed by atoms with E-state index in [2.05, 4.69) is 10.3 Å². The van der Waals surface area contributed by atoms with Crippen LogP contribution in [-0.4, -0.2) is 27.3 Å². The van der Waals surface area contributed by atoms with Crippen molar-refractivity contribution in [2.24, 2.45) is 0 Å². The lowest BCUT2D eigenvalue weighted by atomic mass is 9.87. The number of nitrogens with one attached hydrogen (secondary N) is 1. The van der Waals surface area contributed by atoms with E-state index in [1.165, 1.54) is 0 Å². The lowest BCUT2D eigenvalue weighted by molar-refractivity contribution is -0.164. The molecule has 1 aromatic heterocycles. The van der Waals surface area contributed by atoms with Gasteiger partial charge in [0.05, 0.1) is 10.9 Å².